The lowest BCUT2D eigenvalue weighted by atomic mass is 10.1. The van der Waals surface area contributed by atoms with E-state index in [0.717, 1.165) is 44.2 Å². The Morgan fingerprint density at radius 1 is 1.00 bits per heavy atom. The van der Waals surface area contributed by atoms with Gasteiger partial charge in [0.15, 0.2) is 5.96 Å². The van der Waals surface area contributed by atoms with Gasteiger partial charge in [0, 0.05) is 52.5 Å². The summed E-state index contributed by atoms with van der Waals surface area (Å²) in [7, 11) is 10.4. The van der Waals surface area contributed by atoms with Crippen molar-refractivity contribution in [1.82, 2.24) is 15.5 Å². The Labute approximate surface area is 186 Å². The molecule has 0 bridgehead atoms. The van der Waals surface area contributed by atoms with Gasteiger partial charge in [-0.3, -0.25) is 4.99 Å². The van der Waals surface area contributed by atoms with Crippen molar-refractivity contribution in [2.45, 2.75) is 13.0 Å². The van der Waals surface area contributed by atoms with Crippen molar-refractivity contribution in [2.75, 3.05) is 68.8 Å². The summed E-state index contributed by atoms with van der Waals surface area (Å²) in [6.45, 7) is 4.01. The maximum Gasteiger partial charge on any atom is 0.191 e. The van der Waals surface area contributed by atoms with Crippen molar-refractivity contribution < 1.29 is 18.9 Å². The van der Waals surface area contributed by atoms with E-state index >= 15 is 0 Å². The summed E-state index contributed by atoms with van der Waals surface area (Å²) in [6.07, 6.45) is 1.02. The number of nitrogens with zero attached hydrogens (tertiary/aromatic N) is 2. The van der Waals surface area contributed by atoms with Crippen LogP contribution in [-0.2, 0) is 11.3 Å². The van der Waals surface area contributed by atoms with Crippen LogP contribution in [0.4, 0.5) is 0 Å². The zero-order chi connectivity index (χ0) is 20.1. The van der Waals surface area contributed by atoms with Gasteiger partial charge in [0.1, 0.15) is 17.2 Å². The summed E-state index contributed by atoms with van der Waals surface area (Å²) in [6, 6.07) is 3.68. The number of halogens is 1. The van der Waals surface area contributed by atoms with Gasteiger partial charge in [-0.25, -0.2) is 0 Å². The van der Waals surface area contributed by atoms with Gasteiger partial charge in [-0.05, 0) is 13.5 Å². The lowest BCUT2D eigenvalue weighted by molar-refractivity contribution is 0.180. The number of likely N-dealkylation sites (N-methyl/N-ethyl adjacent to an activating group) is 1. The predicted octanol–water partition coefficient (Wildman–Crippen LogP) is 1.96. The molecule has 0 saturated heterocycles. The first-order valence-corrected chi connectivity index (χ1v) is 9.00. The number of aliphatic imine (C=N–C) groups is 1. The molecule has 0 fully saturated rings. The van der Waals surface area contributed by atoms with E-state index in [1.165, 1.54) is 0 Å². The normalized spacial score (nSPS) is 11.0. The first kappa shape index (κ1) is 26.5. The lowest BCUT2D eigenvalue weighted by Gasteiger charge is -2.19. The Hall–Kier alpha value is -1.46. The van der Waals surface area contributed by atoms with Crippen LogP contribution in [0, 0.1) is 0 Å². The van der Waals surface area contributed by atoms with Gasteiger partial charge in [-0.1, -0.05) is 0 Å². The van der Waals surface area contributed by atoms with Gasteiger partial charge in [-0.2, -0.15) is 0 Å². The molecule has 8 nitrogen and oxygen atoms in total. The molecule has 0 saturated carbocycles. The third kappa shape index (κ3) is 9.16. The summed E-state index contributed by atoms with van der Waals surface area (Å²) in [5.74, 6) is 2.81. The van der Waals surface area contributed by atoms with Crippen LogP contribution < -0.4 is 24.8 Å². The highest BCUT2D eigenvalue weighted by atomic mass is 127. The third-order valence-electron chi connectivity index (χ3n) is 4.15. The van der Waals surface area contributed by atoms with Crippen LogP contribution in [0.15, 0.2) is 17.1 Å². The largest absolute Gasteiger partial charge is 0.496 e. The van der Waals surface area contributed by atoms with Gasteiger partial charge in [0.05, 0.1) is 33.4 Å². The average molecular weight is 510 g/mol. The SMILES string of the molecule is CN=C(NCCN(C)CCCOC)NCc1c(OC)cc(OC)cc1OC.I. The fraction of sp³-hybridized carbons (Fsp3) is 0.632. The second-order valence-electron chi connectivity index (χ2n) is 6.01. The number of guanidine groups is 1. The summed E-state index contributed by atoms with van der Waals surface area (Å²) in [5.41, 5.74) is 0.903. The van der Waals surface area contributed by atoms with E-state index in [1.54, 1.807) is 35.5 Å². The van der Waals surface area contributed by atoms with Crippen LogP contribution >= 0.6 is 24.0 Å². The Kier molecular flexibility index (Phi) is 14.7. The van der Waals surface area contributed by atoms with E-state index in [9.17, 15) is 0 Å². The molecule has 162 valence electrons. The fourth-order valence-corrected chi connectivity index (χ4v) is 2.60. The van der Waals surface area contributed by atoms with E-state index in [1.807, 2.05) is 12.1 Å². The Bertz CT molecular complexity index is 562. The minimum atomic E-state index is 0. The summed E-state index contributed by atoms with van der Waals surface area (Å²) in [5, 5.41) is 6.62. The van der Waals surface area contributed by atoms with Gasteiger partial charge >= 0.3 is 0 Å². The zero-order valence-corrected chi connectivity index (χ0v) is 20.2. The molecule has 28 heavy (non-hydrogen) atoms. The highest BCUT2D eigenvalue weighted by Crippen LogP contribution is 2.33. The minimum Gasteiger partial charge on any atom is -0.496 e. The van der Waals surface area contributed by atoms with Gasteiger partial charge in [-0.15, -0.1) is 24.0 Å². The molecule has 0 radical (unpaired) electrons. The average Bonchev–Trinajstić information content (AvgIpc) is 2.69. The number of nitrogens with one attached hydrogen (secondary N) is 2. The Morgan fingerprint density at radius 2 is 1.64 bits per heavy atom. The molecular formula is C19H35IN4O4. The molecule has 9 heteroatoms. The molecule has 0 unspecified atom stereocenters. The molecule has 1 rings (SSSR count). The fourth-order valence-electron chi connectivity index (χ4n) is 2.60. The number of rotatable bonds is 12. The maximum atomic E-state index is 5.48. The van der Waals surface area contributed by atoms with Crippen molar-refractivity contribution in [3.63, 3.8) is 0 Å². The third-order valence-corrected chi connectivity index (χ3v) is 4.15. The number of hydrogen-bond donors (Lipinski definition) is 2. The van der Waals surface area contributed by atoms with Crippen LogP contribution in [0.3, 0.4) is 0 Å². The molecular weight excluding hydrogens is 475 g/mol. The van der Waals surface area contributed by atoms with Crippen LogP contribution in [0.1, 0.15) is 12.0 Å². The smallest absolute Gasteiger partial charge is 0.191 e. The van der Waals surface area contributed by atoms with Crippen LogP contribution in [0.2, 0.25) is 0 Å². The maximum absolute atomic E-state index is 5.48. The zero-order valence-electron chi connectivity index (χ0n) is 17.8. The second kappa shape index (κ2) is 15.5. The molecule has 0 aliphatic rings. The highest BCUT2D eigenvalue weighted by molar-refractivity contribution is 14.0. The molecule has 1 aromatic rings. The highest BCUT2D eigenvalue weighted by Gasteiger charge is 2.13. The number of ether oxygens (including phenoxy) is 4. The summed E-state index contributed by atoms with van der Waals surface area (Å²) < 4.78 is 21.3. The van der Waals surface area contributed by atoms with Gasteiger partial charge in [0.25, 0.3) is 0 Å². The first-order chi connectivity index (χ1) is 13.1. The molecule has 2 N–H and O–H groups in total. The number of hydrogen-bond acceptors (Lipinski definition) is 6. The second-order valence-corrected chi connectivity index (χ2v) is 6.01. The first-order valence-electron chi connectivity index (χ1n) is 9.00. The minimum absolute atomic E-state index is 0. The Balaban J connectivity index is 0.00000729. The van der Waals surface area contributed by atoms with E-state index in [-0.39, 0.29) is 24.0 Å². The van der Waals surface area contributed by atoms with Crippen molar-refractivity contribution >= 4 is 29.9 Å². The molecule has 0 aliphatic heterocycles. The van der Waals surface area contributed by atoms with Crippen molar-refractivity contribution in [3.05, 3.63) is 17.7 Å². The van der Waals surface area contributed by atoms with Gasteiger partial charge in [0.2, 0.25) is 0 Å². The van der Waals surface area contributed by atoms with Crippen molar-refractivity contribution in [1.29, 1.82) is 0 Å². The molecule has 0 aliphatic carbocycles. The quantitative estimate of drug-likeness (QED) is 0.193. The summed E-state index contributed by atoms with van der Waals surface area (Å²) in [4.78, 5) is 6.53. The standard InChI is InChI=1S/C19H34N4O4.HI/c1-20-19(21-8-10-23(2)9-7-11-24-3)22-14-16-17(26-5)12-15(25-4)13-18(16)27-6;/h12-13H,7-11,14H2,1-6H3,(H2,20,21,22);1H. The van der Waals surface area contributed by atoms with E-state index in [4.69, 9.17) is 18.9 Å². The molecule has 0 aromatic heterocycles. The summed E-state index contributed by atoms with van der Waals surface area (Å²) >= 11 is 0. The van der Waals surface area contributed by atoms with Crippen molar-refractivity contribution in [2.24, 2.45) is 4.99 Å². The van der Waals surface area contributed by atoms with Crippen LogP contribution in [-0.4, -0.2) is 79.6 Å². The number of methoxy groups -OCH3 is 4. The topological polar surface area (TPSA) is 76.6 Å². The molecule has 0 amide bonds. The van der Waals surface area contributed by atoms with E-state index in [2.05, 4.69) is 27.6 Å². The molecule has 0 atom stereocenters. The van der Waals surface area contributed by atoms with Crippen LogP contribution in [0.25, 0.3) is 0 Å². The van der Waals surface area contributed by atoms with Crippen molar-refractivity contribution in [3.8, 4) is 17.2 Å². The monoisotopic (exact) mass is 510 g/mol. The van der Waals surface area contributed by atoms with Crippen LogP contribution in [0.5, 0.6) is 17.2 Å². The van der Waals surface area contributed by atoms with E-state index < -0.39 is 0 Å². The Morgan fingerprint density at radius 3 is 2.14 bits per heavy atom. The van der Waals surface area contributed by atoms with E-state index in [0.29, 0.717) is 23.8 Å². The lowest BCUT2D eigenvalue weighted by Crippen LogP contribution is -2.40. The predicted molar refractivity (Wildman–Crippen MR) is 124 cm³/mol. The molecule has 0 heterocycles. The molecule has 0 spiro atoms. The number of benzene rings is 1. The molecule has 1 aromatic carbocycles. The van der Waals surface area contributed by atoms with Gasteiger partial charge < -0.3 is 34.5 Å².